The summed E-state index contributed by atoms with van der Waals surface area (Å²) in [4.78, 5) is 25.4. The van der Waals surface area contributed by atoms with E-state index in [0.29, 0.717) is 16.3 Å². The van der Waals surface area contributed by atoms with Crippen LogP contribution in [0.3, 0.4) is 0 Å². The SMILES string of the molecule is CC(=O)c1c2cccc(Cl)cc-2[nH]c1=O. The van der Waals surface area contributed by atoms with Gasteiger partial charge in [0, 0.05) is 10.6 Å². The van der Waals surface area contributed by atoms with Gasteiger partial charge in [0.05, 0.1) is 11.3 Å². The summed E-state index contributed by atoms with van der Waals surface area (Å²) in [7, 11) is 0. The van der Waals surface area contributed by atoms with Crippen LogP contribution >= 0.6 is 11.6 Å². The minimum atomic E-state index is -0.361. The Hall–Kier alpha value is -1.61. The van der Waals surface area contributed by atoms with E-state index in [9.17, 15) is 9.59 Å². The number of aromatic nitrogens is 1. The van der Waals surface area contributed by atoms with Crippen LogP contribution in [-0.2, 0) is 0 Å². The van der Waals surface area contributed by atoms with E-state index in [4.69, 9.17) is 11.6 Å². The first-order valence-electron chi connectivity index (χ1n) is 4.42. The summed E-state index contributed by atoms with van der Waals surface area (Å²) in [5, 5.41) is 0.515. The normalized spacial score (nSPS) is 10.5. The molecule has 0 saturated carbocycles. The Balaban J connectivity index is 2.83. The second-order valence-corrected chi connectivity index (χ2v) is 3.70. The first kappa shape index (κ1) is 9.93. The van der Waals surface area contributed by atoms with E-state index < -0.39 is 0 Å². The summed E-state index contributed by atoms with van der Waals surface area (Å²) >= 11 is 5.84. The number of hydrogen-bond donors (Lipinski definition) is 1. The van der Waals surface area contributed by atoms with Crippen molar-refractivity contribution >= 4 is 17.4 Å². The van der Waals surface area contributed by atoms with Crippen LogP contribution in [0.4, 0.5) is 0 Å². The molecule has 0 amide bonds. The molecule has 15 heavy (non-hydrogen) atoms. The van der Waals surface area contributed by atoms with Gasteiger partial charge < -0.3 is 4.98 Å². The number of carbonyl (C=O) groups excluding carboxylic acids is 1. The average molecular weight is 222 g/mol. The smallest absolute Gasteiger partial charge is 0.259 e. The van der Waals surface area contributed by atoms with Crippen LogP contribution in [0.15, 0.2) is 29.1 Å². The fourth-order valence-corrected chi connectivity index (χ4v) is 1.75. The number of hydrogen-bond acceptors (Lipinski definition) is 2. The Morgan fingerprint density at radius 3 is 2.80 bits per heavy atom. The molecule has 0 bridgehead atoms. The summed E-state index contributed by atoms with van der Waals surface area (Å²) in [6.07, 6.45) is 0. The molecular weight excluding hydrogens is 214 g/mol. The zero-order valence-corrected chi connectivity index (χ0v) is 8.76. The van der Waals surface area contributed by atoms with Crippen molar-refractivity contribution in [3.8, 4) is 11.3 Å². The van der Waals surface area contributed by atoms with Crippen molar-refractivity contribution in [2.75, 3.05) is 0 Å². The minimum absolute atomic E-state index is 0.192. The number of nitrogens with one attached hydrogen (secondary N) is 1. The highest BCUT2D eigenvalue weighted by Gasteiger charge is 2.17. The van der Waals surface area contributed by atoms with Gasteiger partial charge in [-0.05, 0) is 19.1 Å². The zero-order chi connectivity index (χ0) is 11.0. The molecule has 76 valence electrons. The Morgan fingerprint density at radius 1 is 1.40 bits per heavy atom. The lowest BCUT2D eigenvalue weighted by Crippen LogP contribution is -2.08. The quantitative estimate of drug-likeness (QED) is 0.752. The fourth-order valence-electron chi connectivity index (χ4n) is 1.57. The number of aromatic amines is 1. The van der Waals surface area contributed by atoms with Crippen molar-refractivity contribution in [2.45, 2.75) is 6.92 Å². The van der Waals surface area contributed by atoms with Gasteiger partial charge in [0.1, 0.15) is 0 Å². The molecule has 1 aliphatic carbocycles. The molecule has 0 spiro atoms. The van der Waals surface area contributed by atoms with Gasteiger partial charge in [0.15, 0.2) is 5.78 Å². The van der Waals surface area contributed by atoms with E-state index in [0.717, 1.165) is 0 Å². The number of carbonyl (C=O) groups is 1. The molecule has 0 radical (unpaired) electrons. The maximum absolute atomic E-state index is 11.5. The second-order valence-electron chi connectivity index (χ2n) is 3.27. The third-order valence-corrected chi connectivity index (χ3v) is 2.42. The van der Waals surface area contributed by atoms with Crippen LogP contribution in [0.5, 0.6) is 0 Å². The summed E-state index contributed by atoms with van der Waals surface area (Å²) in [6, 6.07) is 6.74. The number of H-pyrrole nitrogens is 1. The summed E-state index contributed by atoms with van der Waals surface area (Å²) in [6.45, 7) is 1.37. The standard InChI is InChI=1S/C11H8ClNO2/c1-6(14)10-8-4-2-3-7(12)5-9(8)13-11(10)15/h2-5H,1H3,(H,13,15). The maximum Gasteiger partial charge on any atom is 0.259 e. The highest BCUT2D eigenvalue weighted by Crippen LogP contribution is 2.23. The number of Topliss-reactive ketones (excluding diaryl/α,β-unsaturated/α-hetero) is 1. The lowest BCUT2D eigenvalue weighted by atomic mass is 10.1. The molecule has 0 aromatic carbocycles. The van der Waals surface area contributed by atoms with Crippen molar-refractivity contribution in [3.05, 3.63) is 45.2 Å². The van der Waals surface area contributed by atoms with Gasteiger partial charge in [-0.25, -0.2) is 0 Å². The highest BCUT2D eigenvalue weighted by molar-refractivity contribution is 6.30. The molecular formula is C11H8ClNO2. The molecule has 2 aliphatic rings. The van der Waals surface area contributed by atoms with E-state index in [1.165, 1.54) is 6.92 Å². The van der Waals surface area contributed by atoms with Gasteiger partial charge in [0.2, 0.25) is 0 Å². The van der Waals surface area contributed by atoms with Crippen LogP contribution in [-0.4, -0.2) is 10.8 Å². The number of fused-ring (bicyclic) bond motifs is 1. The third-order valence-electron chi connectivity index (χ3n) is 2.19. The zero-order valence-electron chi connectivity index (χ0n) is 8.00. The van der Waals surface area contributed by atoms with E-state index in [1.54, 1.807) is 24.3 Å². The molecule has 0 atom stereocenters. The second kappa shape index (κ2) is 3.51. The van der Waals surface area contributed by atoms with E-state index in [-0.39, 0.29) is 16.9 Å². The van der Waals surface area contributed by atoms with Crippen molar-refractivity contribution in [3.63, 3.8) is 0 Å². The van der Waals surface area contributed by atoms with Gasteiger partial charge in [-0.3, -0.25) is 9.59 Å². The fraction of sp³-hybridized carbons (Fsp3) is 0.0909. The van der Waals surface area contributed by atoms with Crippen LogP contribution in [0, 0.1) is 0 Å². The molecule has 1 N–H and O–H groups in total. The molecule has 0 saturated heterocycles. The largest absolute Gasteiger partial charge is 0.321 e. The third kappa shape index (κ3) is 1.66. The molecule has 0 fully saturated rings. The lowest BCUT2D eigenvalue weighted by Gasteiger charge is -1.92. The summed E-state index contributed by atoms with van der Waals surface area (Å²) in [5.74, 6) is -0.242. The van der Waals surface area contributed by atoms with E-state index in [1.807, 2.05) is 0 Å². The molecule has 4 heteroatoms. The van der Waals surface area contributed by atoms with Gasteiger partial charge >= 0.3 is 0 Å². The maximum atomic E-state index is 11.5. The highest BCUT2D eigenvalue weighted by atomic mass is 35.5. The number of ketones is 1. The molecule has 2 rings (SSSR count). The Bertz CT molecular complexity index is 559. The monoisotopic (exact) mass is 221 g/mol. The van der Waals surface area contributed by atoms with Gasteiger partial charge in [-0.15, -0.1) is 0 Å². The number of rotatable bonds is 1. The predicted octanol–water partition coefficient (Wildman–Crippen LogP) is 2.34. The molecule has 0 unspecified atom stereocenters. The molecule has 1 heterocycles. The van der Waals surface area contributed by atoms with Crippen molar-refractivity contribution < 1.29 is 4.79 Å². The van der Waals surface area contributed by atoms with Gasteiger partial charge in [-0.1, -0.05) is 23.7 Å². The Kier molecular flexibility index (Phi) is 2.32. The van der Waals surface area contributed by atoms with E-state index >= 15 is 0 Å². The Labute approximate surface area is 91.0 Å². The molecule has 1 aliphatic heterocycles. The Morgan fingerprint density at radius 2 is 2.13 bits per heavy atom. The molecule has 3 nitrogen and oxygen atoms in total. The van der Waals surface area contributed by atoms with Gasteiger partial charge in [0.25, 0.3) is 5.56 Å². The van der Waals surface area contributed by atoms with Crippen LogP contribution in [0.2, 0.25) is 5.02 Å². The number of halogens is 1. The molecule has 0 aromatic rings. The summed E-state index contributed by atoms with van der Waals surface area (Å²) in [5.41, 5.74) is 1.02. The molecule has 0 aromatic heterocycles. The topological polar surface area (TPSA) is 49.9 Å². The van der Waals surface area contributed by atoms with Crippen LogP contribution < -0.4 is 5.56 Å². The van der Waals surface area contributed by atoms with E-state index in [2.05, 4.69) is 4.98 Å². The van der Waals surface area contributed by atoms with Gasteiger partial charge in [-0.2, -0.15) is 0 Å². The predicted molar refractivity (Wildman–Crippen MR) is 58.7 cm³/mol. The van der Waals surface area contributed by atoms with Crippen molar-refractivity contribution in [1.29, 1.82) is 0 Å². The average Bonchev–Trinajstić information content (AvgIpc) is 2.31. The minimum Gasteiger partial charge on any atom is -0.321 e. The first-order chi connectivity index (χ1) is 7.09. The lowest BCUT2D eigenvalue weighted by molar-refractivity contribution is 0.101. The van der Waals surface area contributed by atoms with Crippen molar-refractivity contribution in [1.82, 2.24) is 4.98 Å². The van der Waals surface area contributed by atoms with Crippen LogP contribution in [0.1, 0.15) is 17.3 Å². The first-order valence-corrected chi connectivity index (χ1v) is 4.80. The summed E-state index contributed by atoms with van der Waals surface area (Å²) < 4.78 is 0. The van der Waals surface area contributed by atoms with Crippen molar-refractivity contribution in [2.24, 2.45) is 0 Å². The van der Waals surface area contributed by atoms with Crippen LogP contribution in [0.25, 0.3) is 11.3 Å².